The minimum atomic E-state index is -0.573. The molecule has 0 saturated carbocycles. The standard InChI is InChI=1S/C21H22ClN3O3/c1-4-27-24-13-23-20(26)16-7-5-15(6-8-16)19-12-21(3,28-25-19)17-9-14(2)10-18(22)11-17/h5-11,13H,4,12H2,1-3H3,(H,23,24,26). The molecule has 1 atom stereocenters. The lowest BCUT2D eigenvalue weighted by molar-refractivity contribution is -0.00742. The fraction of sp³-hybridized carbons (Fsp3) is 0.286. The quantitative estimate of drug-likeness (QED) is 0.444. The van der Waals surface area contributed by atoms with Gasteiger partial charge < -0.3 is 15.0 Å². The van der Waals surface area contributed by atoms with E-state index >= 15 is 0 Å². The van der Waals surface area contributed by atoms with E-state index in [4.69, 9.17) is 21.3 Å². The lowest BCUT2D eigenvalue weighted by atomic mass is 9.88. The second kappa shape index (κ2) is 8.44. The van der Waals surface area contributed by atoms with E-state index < -0.39 is 5.60 Å². The lowest BCUT2D eigenvalue weighted by Gasteiger charge is -2.22. The van der Waals surface area contributed by atoms with E-state index in [0.29, 0.717) is 23.6 Å². The molecule has 0 radical (unpaired) electrons. The molecule has 2 aromatic rings. The van der Waals surface area contributed by atoms with E-state index in [1.54, 1.807) is 12.1 Å². The van der Waals surface area contributed by atoms with Gasteiger partial charge in [-0.25, -0.2) is 0 Å². The first-order chi connectivity index (χ1) is 13.4. The van der Waals surface area contributed by atoms with E-state index in [1.807, 2.05) is 45.0 Å². The van der Waals surface area contributed by atoms with Crippen LogP contribution < -0.4 is 5.32 Å². The molecule has 1 aliphatic rings. The van der Waals surface area contributed by atoms with E-state index in [0.717, 1.165) is 22.4 Å². The summed E-state index contributed by atoms with van der Waals surface area (Å²) in [5.41, 5.74) is 3.73. The van der Waals surface area contributed by atoms with E-state index in [1.165, 1.54) is 6.34 Å². The number of oxime groups is 2. The van der Waals surface area contributed by atoms with Crippen LogP contribution in [0.2, 0.25) is 5.02 Å². The number of hydrogen-bond acceptors (Lipinski definition) is 5. The van der Waals surface area contributed by atoms with Crippen LogP contribution in [0.25, 0.3) is 0 Å². The van der Waals surface area contributed by atoms with Gasteiger partial charge in [-0.1, -0.05) is 40.1 Å². The van der Waals surface area contributed by atoms with Crippen molar-refractivity contribution in [2.24, 2.45) is 10.3 Å². The number of carbonyl (C=O) groups is 1. The van der Waals surface area contributed by atoms with Gasteiger partial charge in [-0.2, -0.15) is 0 Å². The van der Waals surface area contributed by atoms with Crippen molar-refractivity contribution < 1.29 is 14.5 Å². The number of rotatable bonds is 6. The molecule has 0 spiro atoms. The Bertz CT molecular complexity index is 905. The third-order valence-corrected chi connectivity index (χ3v) is 4.67. The Kier molecular flexibility index (Phi) is 5.99. The Balaban J connectivity index is 1.69. The van der Waals surface area contributed by atoms with Crippen LogP contribution in [-0.2, 0) is 15.3 Å². The first-order valence-electron chi connectivity index (χ1n) is 8.99. The van der Waals surface area contributed by atoms with Crippen molar-refractivity contribution in [1.82, 2.24) is 5.32 Å². The van der Waals surface area contributed by atoms with Gasteiger partial charge in [0.1, 0.15) is 12.9 Å². The molecule has 146 valence electrons. The van der Waals surface area contributed by atoms with E-state index in [-0.39, 0.29) is 5.91 Å². The van der Waals surface area contributed by atoms with Gasteiger partial charge in [-0.15, -0.1) is 0 Å². The lowest BCUT2D eigenvalue weighted by Crippen LogP contribution is -2.22. The molecule has 0 saturated heterocycles. The van der Waals surface area contributed by atoms with Crippen LogP contribution in [0.1, 0.15) is 47.3 Å². The van der Waals surface area contributed by atoms with Crippen molar-refractivity contribution in [3.05, 3.63) is 69.7 Å². The van der Waals surface area contributed by atoms with Gasteiger partial charge in [-0.3, -0.25) is 4.79 Å². The highest BCUT2D eigenvalue weighted by Gasteiger charge is 2.37. The molecule has 1 N–H and O–H groups in total. The molecule has 1 unspecified atom stereocenters. The fourth-order valence-corrected chi connectivity index (χ4v) is 3.27. The van der Waals surface area contributed by atoms with Crippen LogP contribution in [0.5, 0.6) is 0 Å². The van der Waals surface area contributed by atoms with Crippen LogP contribution in [0.15, 0.2) is 52.8 Å². The van der Waals surface area contributed by atoms with Crippen LogP contribution >= 0.6 is 11.6 Å². The molecule has 1 heterocycles. The maximum atomic E-state index is 12.1. The average molecular weight is 400 g/mol. The smallest absolute Gasteiger partial charge is 0.256 e. The third kappa shape index (κ3) is 4.51. The molecular formula is C21H22ClN3O3. The number of nitrogens with zero attached hydrogens (tertiary/aromatic N) is 2. The third-order valence-electron chi connectivity index (χ3n) is 4.45. The molecule has 0 bridgehead atoms. The zero-order chi connectivity index (χ0) is 20.1. The van der Waals surface area contributed by atoms with Crippen LogP contribution in [0.3, 0.4) is 0 Å². The van der Waals surface area contributed by atoms with Gasteiger partial charge in [0.05, 0.1) is 5.71 Å². The first-order valence-corrected chi connectivity index (χ1v) is 9.37. The van der Waals surface area contributed by atoms with E-state index in [2.05, 4.69) is 21.7 Å². The van der Waals surface area contributed by atoms with Crippen LogP contribution in [0, 0.1) is 6.92 Å². The summed E-state index contributed by atoms with van der Waals surface area (Å²) in [5.74, 6) is -0.265. The predicted molar refractivity (Wildman–Crippen MR) is 110 cm³/mol. The van der Waals surface area contributed by atoms with Gasteiger partial charge in [0.2, 0.25) is 0 Å². The Morgan fingerprint density at radius 1 is 1.36 bits per heavy atom. The fourth-order valence-electron chi connectivity index (χ4n) is 2.99. The summed E-state index contributed by atoms with van der Waals surface area (Å²) < 4.78 is 0. The Morgan fingerprint density at radius 3 is 2.79 bits per heavy atom. The molecule has 2 aromatic carbocycles. The van der Waals surface area contributed by atoms with Crippen molar-refractivity contribution >= 4 is 29.6 Å². The molecule has 0 fully saturated rings. The Labute approximate surface area is 169 Å². The predicted octanol–water partition coefficient (Wildman–Crippen LogP) is 4.40. The molecule has 7 heteroatoms. The van der Waals surface area contributed by atoms with Gasteiger partial charge in [0, 0.05) is 17.0 Å². The summed E-state index contributed by atoms with van der Waals surface area (Å²) in [6.07, 6.45) is 1.84. The summed E-state index contributed by atoms with van der Waals surface area (Å²) in [6, 6.07) is 13.1. The molecule has 0 aliphatic carbocycles. The highest BCUT2D eigenvalue weighted by molar-refractivity contribution is 6.30. The molecule has 28 heavy (non-hydrogen) atoms. The number of nitrogens with one attached hydrogen (secondary N) is 1. The monoisotopic (exact) mass is 399 g/mol. The molecule has 1 amide bonds. The molecule has 3 rings (SSSR count). The largest absolute Gasteiger partial charge is 0.395 e. The number of carbonyl (C=O) groups excluding carboxylic acids is 1. The number of amides is 1. The number of benzene rings is 2. The average Bonchev–Trinajstić information content (AvgIpc) is 3.08. The normalized spacial score (nSPS) is 18.6. The number of aryl methyl sites for hydroxylation is 1. The second-order valence-corrected chi connectivity index (χ2v) is 7.19. The molecule has 0 aromatic heterocycles. The van der Waals surface area contributed by atoms with E-state index in [9.17, 15) is 4.79 Å². The van der Waals surface area contributed by atoms with Gasteiger partial charge >= 0.3 is 0 Å². The molecular weight excluding hydrogens is 378 g/mol. The van der Waals surface area contributed by atoms with Crippen molar-refractivity contribution in [3.8, 4) is 0 Å². The van der Waals surface area contributed by atoms with Gasteiger partial charge in [0.15, 0.2) is 5.60 Å². The summed E-state index contributed by atoms with van der Waals surface area (Å²) in [7, 11) is 0. The molecule has 6 nitrogen and oxygen atoms in total. The highest BCUT2D eigenvalue weighted by atomic mass is 35.5. The van der Waals surface area contributed by atoms with Crippen molar-refractivity contribution in [2.75, 3.05) is 6.61 Å². The maximum Gasteiger partial charge on any atom is 0.256 e. The zero-order valence-electron chi connectivity index (χ0n) is 16.0. The SMILES string of the molecule is CCO/N=C\NC(=O)c1ccc(C2=NOC(C)(c3cc(C)cc(Cl)c3)C2)cc1. The van der Waals surface area contributed by atoms with Crippen molar-refractivity contribution in [3.63, 3.8) is 0 Å². The van der Waals surface area contributed by atoms with Crippen molar-refractivity contribution in [2.45, 2.75) is 32.8 Å². The number of hydrogen-bond donors (Lipinski definition) is 1. The Morgan fingerprint density at radius 2 is 2.11 bits per heavy atom. The van der Waals surface area contributed by atoms with Crippen LogP contribution in [-0.4, -0.2) is 24.6 Å². The van der Waals surface area contributed by atoms with Gasteiger partial charge in [0.25, 0.3) is 5.91 Å². The number of halogens is 1. The summed E-state index contributed by atoms with van der Waals surface area (Å²) in [5, 5.41) is 11.1. The topological polar surface area (TPSA) is 72.3 Å². The summed E-state index contributed by atoms with van der Waals surface area (Å²) in [6.45, 7) is 6.25. The minimum Gasteiger partial charge on any atom is -0.395 e. The minimum absolute atomic E-state index is 0.265. The zero-order valence-corrected chi connectivity index (χ0v) is 16.8. The first kappa shape index (κ1) is 19.9. The highest BCUT2D eigenvalue weighted by Crippen LogP contribution is 2.37. The van der Waals surface area contributed by atoms with Crippen LogP contribution in [0.4, 0.5) is 0 Å². The maximum absolute atomic E-state index is 12.1. The Hall–Kier alpha value is -2.86. The summed E-state index contributed by atoms with van der Waals surface area (Å²) in [4.78, 5) is 22.6. The second-order valence-electron chi connectivity index (χ2n) is 6.76. The summed E-state index contributed by atoms with van der Waals surface area (Å²) >= 11 is 6.20. The van der Waals surface area contributed by atoms with Gasteiger partial charge in [-0.05, 0) is 61.7 Å². The molecule has 1 aliphatic heterocycles. The van der Waals surface area contributed by atoms with Crippen molar-refractivity contribution in [1.29, 1.82) is 0 Å².